The van der Waals surface area contributed by atoms with Crippen molar-refractivity contribution in [2.45, 2.75) is 13.3 Å². The van der Waals surface area contributed by atoms with Gasteiger partial charge in [-0.25, -0.2) is 5.06 Å². The summed E-state index contributed by atoms with van der Waals surface area (Å²) in [5.41, 5.74) is 0.767. The van der Waals surface area contributed by atoms with Crippen LogP contribution in [0, 0.1) is 6.92 Å². The van der Waals surface area contributed by atoms with Crippen LogP contribution in [0.3, 0.4) is 0 Å². The van der Waals surface area contributed by atoms with Crippen LogP contribution in [0.25, 0.3) is 0 Å². The number of amides is 1. The van der Waals surface area contributed by atoms with Gasteiger partial charge in [-0.05, 0) is 6.92 Å². The first-order valence-electron chi connectivity index (χ1n) is 3.86. The number of carbonyl (C=O) groups is 1. The van der Waals surface area contributed by atoms with Gasteiger partial charge < -0.3 is 4.52 Å². The van der Waals surface area contributed by atoms with Gasteiger partial charge in [-0.1, -0.05) is 5.16 Å². The summed E-state index contributed by atoms with van der Waals surface area (Å²) in [4.78, 5) is 16.0. The average molecular weight is 184 g/mol. The quantitative estimate of drug-likeness (QED) is 0.643. The molecule has 5 nitrogen and oxygen atoms in total. The van der Waals surface area contributed by atoms with E-state index in [1.165, 1.54) is 7.11 Å². The second-order valence-electron chi connectivity index (χ2n) is 2.69. The van der Waals surface area contributed by atoms with Gasteiger partial charge in [0, 0.05) is 13.1 Å². The zero-order chi connectivity index (χ0) is 9.84. The Labute approximate surface area is 76.2 Å². The predicted octanol–water partition coefficient (Wildman–Crippen LogP) is 0.545. The lowest BCUT2D eigenvalue weighted by Crippen LogP contribution is -2.26. The molecule has 0 bridgehead atoms. The van der Waals surface area contributed by atoms with Gasteiger partial charge in [0.25, 0.3) is 5.91 Å². The van der Waals surface area contributed by atoms with Crippen LogP contribution in [-0.4, -0.2) is 30.3 Å². The molecule has 0 fully saturated rings. The molecular formula is C8H12N2O3. The van der Waals surface area contributed by atoms with Gasteiger partial charge in [-0.2, -0.15) is 0 Å². The molecule has 0 aliphatic rings. The summed E-state index contributed by atoms with van der Waals surface area (Å²) in [5, 5.41) is 4.82. The zero-order valence-corrected chi connectivity index (χ0v) is 7.90. The molecule has 0 spiro atoms. The minimum atomic E-state index is -0.168. The molecule has 0 radical (unpaired) electrons. The van der Waals surface area contributed by atoms with Crippen LogP contribution in [0.15, 0.2) is 10.6 Å². The molecule has 1 amide bonds. The number of nitrogens with zero attached hydrogens (tertiary/aromatic N) is 2. The van der Waals surface area contributed by atoms with E-state index in [4.69, 9.17) is 9.36 Å². The third kappa shape index (κ3) is 2.55. The molecule has 13 heavy (non-hydrogen) atoms. The van der Waals surface area contributed by atoms with Crippen molar-refractivity contribution < 1.29 is 14.2 Å². The second kappa shape index (κ2) is 4.04. The molecule has 1 rings (SSSR count). The number of carbonyl (C=O) groups excluding carboxylic acids is 1. The van der Waals surface area contributed by atoms with Crippen molar-refractivity contribution in [2.24, 2.45) is 0 Å². The lowest BCUT2D eigenvalue weighted by atomic mass is 10.3. The molecule has 72 valence electrons. The van der Waals surface area contributed by atoms with Crippen molar-refractivity contribution >= 4 is 5.91 Å². The average Bonchev–Trinajstić information content (AvgIpc) is 2.49. The van der Waals surface area contributed by atoms with E-state index in [1.807, 2.05) is 0 Å². The number of aryl methyl sites for hydroxylation is 1. The summed E-state index contributed by atoms with van der Waals surface area (Å²) in [7, 11) is 2.98. The number of aromatic nitrogens is 1. The van der Waals surface area contributed by atoms with Crippen LogP contribution in [0.2, 0.25) is 0 Å². The third-order valence-electron chi connectivity index (χ3n) is 1.63. The summed E-state index contributed by atoms with van der Waals surface area (Å²) >= 11 is 0. The highest BCUT2D eigenvalue weighted by molar-refractivity contribution is 5.76. The van der Waals surface area contributed by atoms with Gasteiger partial charge in [0.15, 0.2) is 0 Å². The first-order chi connectivity index (χ1) is 6.13. The monoisotopic (exact) mass is 184 g/mol. The molecule has 1 aromatic heterocycles. The Morgan fingerprint density at radius 2 is 2.46 bits per heavy atom. The van der Waals surface area contributed by atoms with Crippen LogP contribution >= 0.6 is 0 Å². The topological polar surface area (TPSA) is 55.6 Å². The van der Waals surface area contributed by atoms with E-state index in [0.717, 1.165) is 10.8 Å². The van der Waals surface area contributed by atoms with Crippen molar-refractivity contribution in [3.8, 4) is 0 Å². The van der Waals surface area contributed by atoms with E-state index in [-0.39, 0.29) is 12.3 Å². The Bertz CT molecular complexity index is 295. The second-order valence-corrected chi connectivity index (χ2v) is 2.69. The molecule has 5 heteroatoms. The largest absolute Gasteiger partial charge is 0.361 e. The Balaban J connectivity index is 2.54. The maximum absolute atomic E-state index is 11.3. The van der Waals surface area contributed by atoms with Crippen molar-refractivity contribution in [1.29, 1.82) is 0 Å². The predicted molar refractivity (Wildman–Crippen MR) is 44.7 cm³/mol. The third-order valence-corrected chi connectivity index (χ3v) is 1.63. The van der Waals surface area contributed by atoms with Crippen LogP contribution in [0.4, 0.5) is 0 Å². The SMILES string of the molecule is CON(C)C(=O)Cc1cc(C)no1. The minimum Gasteiger partial charge on any atom is -0.361 e. The molecule has 0 unspecified atom stereocenters. The van der Waals surface area contributed by atoms with Gasteiger partial charge in [-0.3, -0.25) is 9.63 Å². The first kappa shape index (κ1) is 9.73. The molecule has 0 aliphatic heterocycles. The summed E-state index contributed by atoms with van der Waals surface area (Å²) in [6, 6.07) is 1.72. The van der Waals surface area contributed by atoms with E-state index in [1.54, 1.807) is 20.0 Å². The standard InChI is InChI=1S/C8H12N2O3/c1-6-4-7(13-9-6)5-8(11)10(2)12-3/h4H,5H2,1-3H3. The van der Waals surface area contributed by atoms with Crippen LogP contribution in [-0.2, 0) is 16.1 Å². The van der Waals surface area contributed by atoms with E-state index in [0.29, 0.717) is 5.76 Å². The number of hydrogen-bond donors (Lipinski definition) is 0. The highest BCUT2D eigenvalue weighted by Crippen LogP contribution is 2.04. The molecule has 0 saturated heterocycles. The van der Waals surface area contributed by atoms with Crippen molar-refractivity contribution in [2.75, 3.05) is 14.2 Å². The molecule has 1 heterocycles. The van der Waals surface area contributed by atoms with Gasteiger partial charge in [-0.15, -0.1) is 0 Å². The van der Waals surface area contributed by atoms with E-state index < -0.39 is 0 Å². The molecule has 0 aromatic carbocycles. The Hall–Kier alpha value is -1.36. The zero-order valence-electron chi connectivity index (χ0n) is 7.90. The van der Waals surface area contributed by atoms with Crippen LogP contribution < -0.4 is 0 Å². The first-order valence-corrected chi connectivity index (χ1v) is 3.86. The Morgan fingerprint density at radius 1 is 1.77 bits per heavy atom. The van der Waals surface area contributed by atoms with Gasteiger partial charge in [0.1, 0.15) is 5.76 Å². The van der Waals surface area contributed by atoms with Crippen LogP contribution in [0.1, 0.15) is 11.5 Å². The maximum atomic E-state index is 11.3. The van der Waals surface area contributed by atoms with Gasteiger partial charge in [0.05, 0.1) is 19.2 Å². The van der Waals surface area contributed by atoms with Crippen molar-refractivity contribution in [3.05, 3.63) is 17.5 Å². The lowest BCUT2D eigenvalue weighted by molar-refractivity contribution is -0.168. The molecule has 1 aromatic rings. The van der Waals surface area contributed by atoms with Crippen molar-refractivity contribution in [3.63, 3.8) is 0 Å². The molecule has 0 saturated carbocycles. The fraction of sp³-hybridized carbons (Fsp3) is 0.500. The van der Waals surface area contributed by atoms with Crippen LogP contribution in [0.5, 0.6) is 0 Å². The molecule has 0 aliphatic carbocycles. The minimum absolute atomic E-state index is 0.168. The number of rotatable bonds is 3. The Kier molecular flexibility index (Phi) is 3.02. The highest BCUT2D eigenvalue weighted by atomic mass is 16.7. The van der Waals surface area contributed by atoms with E-state index in [2.05, 4.69) is 5.16 Å². The van der Waals surface area contributed by atoms with E-state index in [9.17, 15) is 4.79 Å². The normalized spacial score (nSPS) is 10.1. The van der Waals surface area contributed by atoms with E-state index >= 15 is 0 Å². The fourth-order valence-corrected chi connectivity index (χ4v) is 0.862. The lowest BCUT2D eigenvalue weighted by Gasteiger charge is -2.11. The number of hydrogen-bond acceptors (Lipinski definition) is 4. The summed E-state index contributed by atoms with van der Waals surface area (Å²) in [6.07, 6.45) is 0.172. The smallest absolute Gasteiger partial charge is 0.253 e. The highest BCUT2D eigenvalue weighted by Gasteiger charge is 2.11. The fourth-order valence-electron chi connectivity index (χ4n) is 0.862. The van der Waals surface area contributed by atoms with Gasteiger partial charge in [0.2, 0.25) is 0 Å². The molecule has 0 atom stereocenters. The molecule has 0 N–H and O–H groups in total. The summed E-state index contributed by atoms with van der Waals surface area (Å²) in [5.74, 6) is 0.380. The van der Waals surface area contributed by atoms with Crippen molar-refractivity contribution in [1.82, 2.24) is 10.2 Å². The van der Waals surface area contributed by atoms with Gasteiger partial charge >= 0.3 is 0 Å². The number of hydroxylamine groups is 2. The Morgan fingerprint density at radius 3 is 2.92 bits per heavy atom. The number of likely N-dealkylation sites (N-methyl/N-ethyl adjacent to an activating group) is 1. The molecular weight excluding hydrogens is 172 g/mol. The summed E-state index contributed by atoms with van der Waals surface area (Å²) < 4.78 is 4.88. The summed E-state index contributed by atoms with van der Waals surface area (Å²) in [6.45, 7) is 1.80. The maximum Gasteiger partial charge on any atom is 0.253 e.